The maximum absolute atomic E-state index is 12.8. The Labute approximate surface area is 145 Å². The maximum atomic E-state index is 12.8. The summed E-state index contributed by atoms with van der Waals surface area (Å²) in [7, 11) is 0. The predicted octanol–water partition coefficient (Wildman–Crippen LogP) is 5.48. The number of fused-ring (bicyclic) bond motifs is 1. The van der Waals surface area contributed by atoms with Crippen LogP contribution in [-0.2, 0) is 0 Å². The lowest BCUT2D eigenvalue weighted by atomic mass is 9.75. The van der Waals surface area contributed by atoms with E-state index in [0.717, 1.165) is 29.8 Å². The van der Waals surface area contributed by atoms with Crippen molar-refractivity contribution in [1.82, 2.24) is 9.78 Å². The highest BCUT2D eigenvalue weighted by Gasteiger charge is 2.35. The fraction of sp³-hybridized carbons (Fsp3) is 0.524. The molecule has 3 nitrogen and oxygen atoms in total. The second-order valence-corrected chi connectivity index (χ2v) is 7.75. The van der Waals surface area contributed by atoms with Gasteiger partial charge in [-0.3, -0.25) is 4.79 Å². The highest BCUT2D eigenvalue weighted by molar-refractivity contribution is 5.86. The molecule has 1 aliphatic carbocycles. The standard InChI is InChI=1S/C21H28N2O/c1-13(2)17-12-11-15(5)18-19(17)22-23(21(24)14(3)4)20(18)16-9-7-6-8-10-16/h6-10,13-15,17H,11-12H2,1-5H3/t15-,17-/m1/s1. The van der Waals surface area contributed by atoms with Crippen molar-refractivity contribution in [2.45, 2.75) is 59.3 Å². The summed E-state index contributed by atoms with van der Waals surface area (Å²) in [6.07, 6.45) is 2.32. The lowest BCUT2D eigenvalue weighted by Gasteiger charge is -2.28. The normalized spacial score (nSPS) is 20.5. The number of aromatic nitrogens is 2. The molecule has 0 saturated heterocycles. The highest BCUT2D eigenvalue weighted by Crippen LogP contribution is 2.45. The Hall–Kier alpha value is -1.90. The number of benzene rings is 1. The fourth-order valence-electron chi connectivity index (χ4n) is 3.84. The molecule has 0 saturated carbocycles. The fourth-order valence-corrected chi connectivity index (χ4v) is 3.84. The van der Waals surface area contributed by atoms with Crippen LogP contribution in [0, 0.1) is 11.8 Å². The molecular formula is C21H28N2O. The summed E-state index contributed by atoms with van der Waals surface area (Å²) in [5.41, 5.74) is 4.55. The molecule has 0 amide bonds. The molecule has 128 valence electrons. The van der Waals surface area contributed by atoms with Gasteiger partial charge in [0.15, 0.2) is 0 Å². The van der Waals surface area contributed by atoms with Gasteiger partial charge in [0.2, 0.25) is 5.91 Å². The molecule has 2 aromatic rings. The summed E-state index contributed by atoms with van der Waals surface area (Å²) in [6, 6.07) is 10.3. The summed E-state index contributed by atoms with van der Waals surface area (Å²) >= 11 is 0. The van der Waals surface area contributed by atoms with Crippen molar-refractivity contribution < 1.29 is 4.79 Å². The number of hydrogen-bond acceptors (Lipinski definition) is 2. The molecule has 0 unspecified atom stereocenters. The molecule has 3 rings (SSSR count). The van der Waals surface area contributed by atoms with Crippen LogP contribution < -0.4 is 0 Å². The van der Waals surface area contributed by atoms with E-state index in [1.807, 2.05) is 32.0 Å². The van der Waals surface area contributed by atoms with Crippen molar-refractivity contribution in [3.63, 3.8) is 0 Å². The zero-order chi connectivity index (χ0) is 17.4. The first-order valence-electron chi connectivity index (χ1n) is 9.14. The Morgan fingerprint density at radius 3 is 2.38 bits per heavy atom. The molecular weight excluding hydrogens is 296 g/mol. The van der Waals surface area contributed by atoms with E-state index >= 15 is 0 Å². The molecule has 0 N–H and O–H groups in total. The first kappa shape index (κ1) is 16.9. The molecule has 0 bridgehead atoms. The van der Waals surface area contributed by atoms with Crippen LogP contribution in [0.3, 0.4) is 0 Å². The quantitative estimate of drug-likeness (QED) is 0.749. The van der Waals surface area contributed by atoms with E-state index in [0.29, 0.717) is 17.8 Å². The van der Waals surface area contributed by atoms with Crippen LogP contribution in [0.1, 0.15) is 75.3 Å². The van der Waals surface area contributed by atoms with E-state index in [1.165, 1.54) is 5.56 Å². The van der Waals surface area contributed by atoms with Gasteiger partial charge < -0.3 is 0 Å². The van der Waals surface area contributed by atoms with Crippen molar-refractivity contribution in [2.75, 3.05) is 0 Å². The van der Waals surface area contributed by atoms with Gasteiger partial charge in [-0.1, -0.05) is 65.0 Å². The van der Waals surface area contributed by atoms with Gasteiger partial charge in [-0.2, -0.15) is 9.78 Å². The third-order valence-corrected chi connectivity index (χ3v) is 5.26. The van der Waals surface area contributed by atoms with Gasteiger partial charge in [-0.25, -0.2) is 0 Å². The molecule has 24 heavy (non-hydrogen) atoms. The van der Waals surface area contributed by atoms with Gasteiger partial charge in [-0.15, -0.1) is 0 Å². The molecule has 3 heteroatoms. The zero-order valence-corrected chi connectivity index (χ0v) is 15.4. The highest BCUT2D eigenvalue weighted by atomic mass is 16.2. The molecule has 0 fully saturated rings. The van der Waals surface area contributed by atoms with Crippen molar-refractivity contribution in [1.29, 1.82) is 0 Å². The molecule has 0 aliphatic heterocycles. The minimum atomic E-state index is -0.0679. The summed E-state index contributed by atoms with van der Waals surface area (Å²) in [5.74, 6) is 1.44. The average Bonchev–Trinajstić information content (AvgIpc) is 2.95. The van der Waals surface area contributed by atoms with E-state index in [9.17, 15) is 4.79 Å². The summed E-state index contributed by atoms with van der Waals surface area (Å²) in [5, 5.41) is 4.87. The van der Waals surface area contributed by atoms with E-state index in [4.69, 9.17) is 5.10 Å². The summed E-state index contributed by atoms with van der Waals surface area (Å²) in [6.45, 7) is 10.7. The largest absolute Gasteiger partial charge is 0.272 e. The van der Waals surface area contributed by atoms with Crippen LogP contribution in [-0.4, -0.2) is 15.7 Å². The van der Waals surface area contributed by atoms with Crippen LogP contribution >= 0.6 is 0 Å². The molecule has 1 aromatic heterocycles. The van der Waals surface area contributed by atoms with Gasteiger partial charge in [-0.05, 0) is 24.7 Å². The lowest BCUT2D eigenvalue weighted by Crippen LogP contribution is -2.20. The first-order valence-corrected chi connectivity index (χ1v) is 9.14. The predicted molar refractivity (Wildman–Crippen MR) is 98.4 cm³/mol. The molecule has 1 aliphatic rings. The van der Waals surface area contributed by atoms with Crippen LogP contribution in [0.15, 0.2) is 30.3 Å². The van der Waals surface area contributed by atoms with Crippen molar-refractivity contribution >= 4 is 5.91 Å². The third kappa shape index (κ3) is 2.81. The maximum Gasteiger partial charge on any atom is 0.249 e. The van der Waals surface area contributed by atoms with Gasteiger partial charge in [0, 0.05) is 23.0 Å². The molecule has 0 radical (unpaired) electrons. The van der Waals surface area contributed by atoms with Crippen LogP contribution in [0.2, 0.25) is 0 Å². The Morgan fingerprint density at radius 1 is 1.12 bits per heavy atom. The van der Waals surface area contributed by atoms with E-state index in [-0.39, 0.29) is 11.8 Å². The van der Waals surface area contributed by atoms with Crippen LogP contribution in [0.4, 0.5) is 0 Å². The van der Waals surface area contributed by atoms with Crippen LogP contribution in [0.5, 0.6) is 0 Å². The second kappa shape index (κ2) is 6.54. The summed E-state index contributed by atoms with van der Waals surface area (Å²) < 4.78 is 1.70. The topological polar surface area (TPSA) is 34.9 Å². The monoisotopic (exact) mass is 324 g/mol. The molecule has 2 atom stereocenters. The van der Waals surface area contributed by atoms with Gasteiger partial charge in [0.05, 0.1) is 11.4 Å². The number of hydrogen-bond donors (Lipinski definition) is 0. The molecule has 1 aromatic carbocycles. The number of carbonyl (C=O) groups is 1. The van der Waals surface area contributed by atoms with E-state index in [2.05, 4.69) is 32.9 Å². The average molecular weight is 324 g/mol. The van der Waals surface area contributed by atoms with Gasteiger partial charge in [0.1, 0.15) is 0 Å². The molecule has 1 heterocycles. The minimum absolute atomic E-state index is 0.0679. The van der Waals surface area contributed by atoms with Gasteiger partial charge >= 0.3 is 0 Å². The summed E-state index contributed by atoms with van der Waals surface area (Å²) in [4.78, 5) is 12.8. The number of nitrogens with zero attached hydrogens (tertiary/aromatic N) is 2. The minimum Gasteiger partial charge on any atom is -0.272 e. The van der Waals surface area contributed by atoms with Crippen molar-refractivity contribution in [3.05, 3.63) is 41.6 Å². The molecule has 0 spiro atoms. The SMILES string of the molecule is CC(C)C(=O)n1nc2c(c1-c1ccccc1)[C@H](C)CC[C@@H]2C(C)C. The van der Waals surface area contributed by atoms with E-state index in [1.54, 1.807) is 4.68 Å². The van der Waals surface area contributed by atoms with Crippen LogP contribution in [0.25, 0.3) is 11.3 Å². The van der Waals surface area contributed by atoms with Gasteiger partial charge in [0.25, 0.3) is 0 Å². The number of rotatable bonds is 3. The smallest absolute Gasteiger partial charge is 0.249 e. The number of carbonyl (C=O) groups excluding carboxylic acids is 1. The lowest BCUT2D eigenvalue weighted by molar-refractivity contribution is 0.0840. The second-order valence-electron chi connectivity index (χ2n) is 7.75. The Morgan fingerprint density at radius 2 is 1.79 bits per heavy atom. The Kier molecular flexibility index (Phi) is 4.62. The van der Waals surface area contributed by atoms with E-state index < -0.39 is 0 Å². The zero-order valence-electron chi connectivity index (χ0n) is 15.4. The first-order chi connectivity index (χ1) is 11.4. The third-order valence-electron chi connectivity index (χ3n) is 5.26. The van der Waals surface area contributed by atoms with Crippen molar-refractivity contribution in [2.24, 2.45) is 11.8 Å². The Balaban J connectivity index is 2.27. The van der Waals surface area contributed by atoms with Crippen molar-refractivity contribution in [3.8, 4) is 11.3 Å². The Bertz CT molecular complexity index is 728.